The van der Waals surface area contributed by atoms with Crippen molar-refractivity contribution in [2.24, 2.45) is 0 Å². The molecule has 3 nitrogen and oxygen atoms in total. The van der Waals surface area contributed by atoms with Crippen molar-refractivity contribution in [2.45, 2.75) is 6.92 Å². The maximum atomic E-state index is 12.4. The zero-order valence-corrected chi connectivity index (χ0v) is 14.6. The summed E-state index contributed by atoms with van der Waals surface area (Å²) < 4.78 is 6.43. The minimum absolute atomic E-state index is 0.346. The Kier molecular flexibility index (Phi) is 4.31. The molecule has 0 radical (unpaired) electrons. The second-order valence-electron chi connectivity index (χ2n) is 4.79. The molecular formula is C17H11ClINO2. The van der Waals surface area contributed by atoms with Gasteiger partial charge in [0.05, 0.1) is 10.6 Å². The molecule has 0 aliphatic heterocycles. The van der Waals surface area contributed by atoms with Gasteiger partial charge in [0.15, 0.2) is 5.75 Å². The minimum atomic E-state index is -0.487. The van der Waals surface area contributed by atoms with Gasteiger partial charge in [-0.15, -0.1) is 0 Å². The number of para-hydroxylation sites is 1. The van der Waals surface area contributed by atoms with E-state index in [9.17, 15) is 4.79 Å². The van der Waals surface area contributed by atoms with Crippen LogP contribution < -0.4 is 4.74 Å². The molecule has 0 bridgehead atoms. The van der Waals surface area contributed by atoms with Crippen LogP contribution >= 0.6 is 34.2 Å². The molecule has 1 aromatic heterocycles. The molecule has 1 heterocycles. The van der Waals surface area contributed by atoms with Crippen LogP contribution in [0.4, 0.5) is 0 Å². The Morgan fingerprint density at radius 3 is 2.82 bits per heavy atom. The zero-order chi connectivity index (χ0) is 15.7. The first-order valence-corrected chi connectivity index (χ1v) is 8.04. The quantitative estimate of drug-likeness (QED) is 0.330. The fraction of sp³-hybridized carbons (Fsp3) is 0.0588. The van der Waals surface area contributed by atoms with Gasteiger partial charge in [0.2, 0.25) is 0 Å². The van der Waals surface area contributed by atoms with Crippen LogP contribution in [0.5, 0.6) is 5.75 Å². The molecule has 0 saturated heterocycles. The summed E-state index contributed by atoms with van der Waals surface area (Å²) in [5, 5.41) is 1.29. The fourth-order valence-corrected chi connectivity index (χ4v) is 2.79. The minimum Gasteiger partial charge on any atom is -0.421 e. The summed E-state index contributed by atoms with van der Waals surface area (Å²) in [6, 6.07) is 14.6. The summed E-state index contributed by atoms with van der Waals surface area (Å²) in [6.07, 6.45) is 0. The van der Waals surface area contributed by atoms with Gasteiger partial charge in [0, 0.05) is 14.7 Å². The number of benzene rings is 2. The molecule has 0 saturated carbocycles. The van der Waals surface area contributed by atoms with Gasteiger partial charge in [-0.2, -0.15) is 0 Å². The monoisotopic (exact) mass is 423 g/mol. The smallest absolute Gasteiger partial charge is 0.345 e. The molecule has 0 atom stereocenters. The third kappa shape index (κ3) is 3.08. The van der Waals surface area contributed by atoms with Gasteiger partial charge in [0.25, 0.3) is 0 Å². The second kappa shape index (κ2) is 6.22. The Balaban J connectivity index is 2.01. The molecule has 110 valence electrons. The molecule has 0 aliphatic rings. The number of fused-ring (bicyclic) bond motifs is 1. The predicted octanol–water partition coefficient (Wildman–Crippen LogP) is 5.02. The number of nitrogens with zero attached hydrogens (tertiary/aromatic N) is 1. The van der Waals surface area contributed by atoms with E-state index in [0.717, 1.165) is 14.7 Å². The summed E-state index contributed by atoms with van der Waals surface area (Å²) in [4.78, 5) is 16.8. The molecule has 0 unspecified atom stereocenters. The van der Waals surface area contributed by atoms with E-state index in [2.05, 4.69) is 27.6 Å². The Morgan fingerprint density at radius 2 is 2.00 bits per heavy atom. The fourth-order valence-electron chi connectivity index (χ4n) is 2.11. The normalized spacial score (nSPS) is 10.7. The molecule has 22 heavy (non-hydrogen) atoms. The van der Waals surface area contributed by atoms with E-state index in [0.29, 0.717) is 21.9 Å². The number of rotatable bonds is 2. The van der Waals surface area contributed by atoms with E-state index >= 15 is 0 Å². The lowest BCUT2D eigenvalue weighted by Crippen LogP contribution is -2.10. The largest absolute Gasteiger partial charge is 0.421 e. The van der Waals surface area contributed by atoms with E-state index < -0.39 is 5.97 Å². The first kappa shape index (κ1) is 15.2. The maximum absolute atomic E-state index is 12.4. The van der Waals surface area contributed by atoms with Crippen molar-refractivity contribution in [1.29, 1.82) is 0 Å². The van der Waals surface area contributed by atoms with Crippen molar-refractivity contribution < 1.29 is 9.53 Å². The highest BCUT2D eigenvalue weighted by Gasteiger charge is 2.15. The molecule has 2 aromatic carbocycles. The first-order valence-electron chi connectivity index (χ1n) is 6.58. The highest BCUT2D eigenvalue weighted by Crippen LogP contribution is 2.26. The van der Waals surface area contributed by atoms with Crippen molar-refractivity contribution in [1.82, 2.24) is 4.98 Å². The topological polar surface area (TPSA) is 39.2 Å². The Bertz CT molecular complexity index is 880. The third-order valence-electron chi connectivity index (χ3n) is 3.17. The number of ether oxygens (including phenoxy) is 1. The van der Waals surface area contributed by atoms with E-state index in [-0.39, 0.29) is 0 Å². The van der Waals surface area contributed by atoms with Gasteiger partial charge in [-0.1, -0.05) is 29.8 Å². The molecule has 0 amide bonds. The van der Waals surface area contributed by atoms with Crippen molar-refractivity contribution >= 4 is 51.1 Å². The molecule has 0 aliphatic carbocycles. The second-order valence-corrected chi connectivity index (χ2v) is 6.45. The molecule has 0 spiro atoms. The molecule has 5 heteroatoms. The summed E-state index contributed by atoms with van der Waals surface area (Å²) >= 11 is 8.21. The lowest BCUT2D eigenvalue weighted by molar-refractivity contribution is 0.0737. The van der Waals surface area contributed by atoms with E-state index in [1.807, 2.05) is 37.3 Å². The third-order valence-corrected chi connectivity index (χ3v) is 4.17. The van der Waals surface area contributed by atoms with Gasteiger partial charge in [0.1, 0.15) is 5.52 Å². The SMILES string of the molecule is Cc1ccc2cccc(OC(=O)c3cc(I)ccc3Cl)c2n1. The van der Waals surface area contributed by atoms with Gasteiger partial charge >= 0.3 is 5.97 Å². The number of carbonyl (C=O) groups is 1. The van der Waals surface area contributed by atoms with Gasteiger partial charge in [-0.05, 0) is 59.8 Å². The van der Waals surface area contributed by atoms with Crippen molar-refractivity contribution in [3.05, 3.63) is 68.4 Å². The Morgan fingerprint density at radius 1 is 1.18 bits per heavy atom. The Hall–Kier alpha value is -1.66. The van der Waals surface area contributed by atoms with Crippen LogP contribution in [0.2, 0.25) is 5.02 Å². The number of pyridine rings is 1. The van der Waals surface area contributed by atoms with Crippen LogP contribution in [0, 0.1) is 10.5 Å². The van der Waals surface area contributed by atoms with Crippen LogP contribution in [0.3, 0.4) is 0 Å². The summed E-state index contributed by atoms with van der Waals surface area (Å²) in [5.41, 5.74) is 1.87. The average Bonchev–Trinajstić information content (AvgIpc) is 2.50. The molecule has 0 fully saturated rings. The van der Waals surface area contributed by atoms with E-state index in [1.165, 1.54) is 0 Å². The number of aryl methyl sites for hydroxylation is 1. The van der Waals surface area contributed by atoms with Gasteiger partial charge in [-0.25, -0.2) is 9.78 Å². The highest BCUT2D eigenvalue weighted by molar-refractivity contribution is 14.1. The van der Waals surface area contributed by atoms with Crippen molar-refractivity contribution in [3.63, 3.8) is 0 Å². The van der Waals surface area contributed by atoms with Crippen LogP contribution in [-0.2, 0) is 0 Å². The number of hydrogen-bond donors (Lipinski definition) is 0. The lowest BCUT2D eigenvalue weighted by Gasteiger charge is -2.09. The van der Waals surface area contributed by atoms with Crippen LogP contribution in [0.1, 0.15) is 16.1 Å². The average molecular weight is 424 g/mol. The van der Waals surface area contributed by atoms with Crippen molar-refractivity contribution in [2.75, 3.05) is 0 Å². The number of carbonyl (C=O) groups excluding carboxylic acids is 1. The van der Waals surface area contributed by atoms with E-state index in [1.54, 1.807) is 18.2 Å². The molecule has 0 N–H and O–H groups in total. The zero-order valence-electron chi connectivity index (χ0n) is 11.6. The maximum Gasteiger partial charge on any atom is 0.345 e. The Labute approximate surface area is 146 Å². The predicted molar refractivity (Wildman–Crippen MR) is 95.6 cm³/mol. The lowest BCUT2D eigenvalue weighted by atomic mass is 10.2. The number of hydrogen-bond acceptors (Lipinski definition) is 3. The van der Waals surface area contributed by atoms with Gasteiger partial charge in [-0.3, -0.25) is 0 Å². The number of halogens is 2. The van der Waals surface area contributed by atoms with Crippen LogP contribution in [0.25, 0.3) is 10.9 Å². The summed E-state index contributed by atoms with van der Waals surface area (Å²) in [6.45, 7) is 1.90. The molecule has 3 aromatic rings. The van der Waals surface area contributed by atoms with E-state index in [4.69, 9.17) is 16.3 Å². The number of aromatic nitrogens is 1. The standard InChI is InChI=1S/C17H11ClINO2/c1-10-5-6-11-3-2-4-15(16(11)20-10)22-17(21)13-9-12(19)7-8-14(13)18/h2-9H,1H3. The van der Waals surface area contributed by atoms with Crippen molar-refractivity contribution in [3.8, 4) is 5.75 Å². The molecule has 3 rings (SSSR count). The molecular weight excluding hydrogens is 413 g/mol. The first-order chi connectivity index (χ1) is 10.5. The van der Waals surface area contributed by atoms with Crippen LogP contribution in [-0.4, -0.2) is 11.0 Å². The summed E-state index contributed by atoms with van der Waals surface area (Å²) in [7, 11) is 0. The van der Waals surface area contributed by atoms with Crippen LogP contribution in [0.15, 0.2) is 48.5 Å². The highest BCUT2D eigenvalue weighted by atomic mass is 127. The summed E-state index contributed by atoms with van der Waals surface area (Å²) in [5.74, 6) is -0.0551. The van der Waals surface area contributed by atoms with Gasteiger partial charge < -0.3 is 4.74 Å². The number of esters is 1.